The highest BCUT2D eigenvalue weighted by Crippen LogP contribution is 2.30. The van der Waals surface area contributed by atoms with Gasteiger partial charge in [0.25, 0.3) is 0 Å². The average molecular weight is 198 g/mol. The van der Waals surface area contributed by atoms with Crippen LogP contribution in [0.3, 0.4) is 0 Å². The molecule has 0 heterocycles. The van der Waals surface area contributed by atoms with Crippen LogP contribution in [0, 0.1) is 5.82 Å². The van der Waals surface area contributed by atoms with Gasteiger partial charge in [0.2, 0.25) is 0 Å². The van der Waals surface area contributed by atoms with E-state index in [9.17, 15) is 4.39 Å². The molecule has 0 amide bonds. The van der Waals surface area contributed by atoms with Crippen LogP contribution in [0.4, 0.5) is 4.39 Å². The zero-order chi connectivity index (χ0) is 9.84. The summed E-state index contributed by atoms with van der Waals surface area (Å²) >= 11 is 1.70. The third-order valence-electron chi connectivity index (χ3n) is 1.89. The molecule has 72 valence electrons. The first kappa shape index (κ1) is 10.6. The smallest absolute Gasteiger partial charge is 0.127 e. The van der Waals surface area contributed by atoms with Crippen molar-refractivity contribution in [2.45, 2.75) is 31.6 Å². The molecule has 1 rings (SSSR count). The Bertz CT molecular complexity index is 281. The van der Waals surface area contributed by atoms with Gasteiger partial charge >= 0.3 is 0 Å². The van der Waals surface area contributed by atoms with Gasteiger partial charge in [-0.05, 0) is 23.8 Å². The van der Waals surface area contributed by atoms with Gasteiger partial charge in [-0.2, -0.15) is 0 Å². The zero-order valence-corrected chi connectivity index (χ0v) is 9.12. The van der Waals surface area contributed by atoms with Crippen molar-refractivity contribution in [3.63, 3.8) is 0 Å². The first-order valence-corrected chi connectivity index (χ1v) is 5.56. The molecule has 0 aliphatic heterocycles. The summed E-state index contributed by atoms with van der Waals surface area (Å²) in [6, 6.07) is 5.31. The molecule has 0 atom stereocenters. The molecule has 0 saturated heterocycles. The predicted octanol–water partition coefficient (Wildman–Crippen LogP) is 4.06. The largest absolute Gasteiger partial charge is 0.207 e. The summed E-state index contributed by atoms with van der Waals surface area (Å²) in [4.78, 5) is 1.08. The summed E-state index contributed by atoms with van der Waals surface area (Å²) in [7, 11) is 0. The van der Waals surface area contributed by atoms with Gasteiger partial charge in [-0.1, -0.05) is 26.8 Å². The SMILES string of the molecule is CCSc1cccc(F)c1C(C)C. The summed E-state index contributed by atoms with van der Waals surface area (Å²) in [6.07, 6.45) is 0. The molecule has 0 N–H and O–H groups in total. The van der Waals surface area contributed by atoms with Gasteiger partial charge in [-0.25, -0.2) is 4.39 Å². The maximum Gasteiger partial charge on any atom is 0.127 e. The standard InChI is InChI=1S/C11H15FS/c1-4-13-10-7-5-6-9(12)11(10)8(2)3/h5-8H,4H2,1-3H3. The summed E-state index contributed by atoms with van der Waals surface area (Å²) in [5, 5.41) is 0. The van der Waals surface area contributed by atoms with Crippen LogP contribution in [0.25, 0.3) is 0 Å². The van der Waals surface area contributed by atoms with E-state index in [0.29, 0.717) is 0 Å². The van der Waals surface area contributed by atoms with Gasteiger partial charge in [0.15, 0.2) is 0 Å². The van der Waals surface area contributed by atoms with Crippen molar-refractivity contribution in [2.24, 2.45) is 0 Å². The topological polar surface area (TPSA) is 0 Å². The van der Waals surface area contributed by atoms with E-state index < -0.39 is 0 Å². The van der Waals surface area contributed by atoms with E-state index in [-0.39, 0.29) is 11.7 Å². The highest BCUT2D eigenvalue weighted by atomic mass is 32.2. The number of hydrogen-bond donors (Lipinski definition) is 0. The maximum absolute atomic E-state index is 13.4. The van der Waals surface area contributed by atoms with Crippen molar-refractivity contribution < 1.29 is 4.39 Å². The molecular weight excluding hydrogens is 183 g/mol. The number of halogens is 1. The first-order chi connectivity index (χ1) is 6.16. The third-order valence-corrected chi connectivity index (χ3v) is 2.85. The zero-order valence-electron chi connectivity index (χ0n) is 8.30. The maximum atomic E-state index is 13.4. The number of hydrogen-bond acceptors (Lipinski definition) is 1. The van der Waals surface area contributed by atoms with E-state index in [1.165, 1.54) is 6.07 Å². The lowest BCUT2D eigenvalue weighted by Gasteiger charge is -2.12. The van der Waals surface area contributed by atoms with E-state index in [0.717, 1.165) is 16.2 Å². The molecule has 0 aromatic heterocycles. The van der Waals surface area contributed by atoms with E-state index in [1.807, 2.05) is 19.9 Å². The lowest BCUT2D eigenvalue weighted by atomic mass is 10.0. The Balaban J connectivity index is 3.10. The highest BCUT2D eigenvalue weighted by molar-refractivity contribution is 7.99. The van der Waals surface area contributed by atoms with Gasteiger partial charge in [-0.3, -0.25) is 0 Å². The summed E-state index contributed by atoms with van der Waals surface area (Å²) < 4.78 is 13.4. The van der Waals surface area contributed by atoms with Crippen molar-refractivity contribution in [2.75, 3.05) is 5.75 Å². The molecule has 1 aromatic rings. The van der Waals surface area contributed by atoms with Crippen molar-refractivity contribution in [1.29, 1.82) is 0 Å². The lowest BCUT2D eigenvalue weighted by molar-refractivity contribution is 0.590. The molecule has 13 heavy (non-hydrogen) atoms. The van der Waals surface area contributed by atoms with Gasteiger partial charge < -0.3 is 0 Å². The van der Waals surface area contributed by atoms with Crippen LogP contribution in [-0.2, 0) is 0 Å². The Kier molecular flexibility index (Phi) is 3.79. The van der Waals surface area contributed by atoms with Crippen LogP contribution < -0.4 is 0 Å². The second-order valence-corrected chi connectivity index (χ2v) is 4.55. The highest BCUT2D eigenvalue weighted by Gasteiger charge is 2.11. The van der Waals surface area contributed by atoms with Crippen LogP contribution in [0.1, 0.15) is 32.3 Å². The van der Waals surface area contributed by atoms with Crippen LogP contribution in [0.15, 0.2) is 23.1 Å². The van der Waals surface area contributed by atoms with Crippen LogP contribution in [0.2, 0.25) is 0 Å². The third kappa shape index (κ3) is 2.47. The summed E-state index contributed by atoms with van der Waals surface area (Å²) in [5.74, 6) is 1.17. The fourth-order valence-electron chi connectivity index (χ4n) is 1.36. The summed E-state index contributed by atoms with van der Waals surface area (Å²) in [6.45, 7) is 6.13. The van der Waals surface area contributed by atoms with Crippen LogP contribution in [0.5, 0.6) is 0 Å². The lowest BCUT2D eigenvalue weighted by Crippen LogP contribution is -1.95. The van der Waals surface area contributed by atoms with Crippen molar-refractivity contribution in [3.8, 4) is 0 Å². The number of thioether (sulfide) groups is 1. The Hall–Kier alpha value is -0.500. The van der Waals surface area contributed by atoms with E-state index in [1.54, 1.807) is 17.8 Å². The minimum absolute atomic E-state index is 0.0755. The second-order valence-electron chi connectivity index (χ2n) is 3.24. The van der Waals surface area contributed by atoms with E-state index in [4.69, 9.17) is 0 Å². The molecule has 0 unspecified atom stereocenters. The van der Waals surface area contributed by atoms with Gasteiger partial charge in [0.1, 0.15) is 5.82 Å². The molecule has 0 aliphatic rings. The molecular formula is C11H15FS. The van der Waals surface area contributed by atoms with E-state index in [2.05, 4.69) is 6.92 Å². The Morgan fingerprint density at radius 1 is 1.38 bits per heavy atom. The first-order valence-electron chi connectivity index (χ1n) is 4.58. The molecule has 0 nitrogen and oxygen atoms in total. The van der Waals surface area contributed by atoms with E-state index >= 15 is 0 Å². The number of benzene rings is 1. The second kappa shape index (κ2) is 4.66. The van der Waals surface area contributed by atoms with Crippen molar-refractivity contribution in [1.82, 2.24) is 0 Å². The molecule has 0 radical (unpaired) electrons. The monoisotopic (exact) mass is 198 g/mol. The van der Waals surface area contributed by atoms with Crippen molar-refractivity contribution >= 4 is 11.8 Å². The predicted molar refractivity (Wildman–Crippen MR) is 56.9 cm³/mol. The molecule has 0 aliphatic carbocycles. The van der Waals surface area contributed by atoms with Gasteiger partial charge in [-0.15, -0.1) is 11.8 Å². The van der Waals surface area contributed by atoms with Gasteiger partial charge in [0.05, 0.1) is 0 Å². The van der Waals surface area contributed by atoms with Gasteiger partial charge in [0, 0.05) is 10.5 Å². The minimum Gasteiger partial charge on any atom is -0.207 e. The minimum atomic E-state index is -0.0755. The molecule has 0 saturated carbocycles. The number of rotatable bonds is 3. The molecule has 1 aromatic carbocycles. The van der Waals surface area contributed by atoms with Crippen molar-refractivity contribution in [3.05, 3.63) is 29.6 Å². The molecule has 2 heteroatoms. The molecule has 0 fully saturated rings. The normalized spacial score (nSPS) is 10.8. The fourth-order valence-corrected chi connectivity index (χ4v) is 2.33. The summed E-state index contributed by atoms with van der Waals surface area (Å²) in [5.41, 5.74) is 0.856. The van der Waals surface area contributed by atoms with Crippen LogP contribution >= 0.6 is 11.8 Å². The van der Waals surface area contributed by atoms with Crippen LogP contribution in [-0.4, -0.2) is 5.75 Å². The Morgan fingerprint density at radius 2 is 2.08 bits per heavy atom. The quantitative estimate of drug-likeness (QED) is 0.660. The molecule has 0 spiro atoms. The average Bonchev–Trinajstić information content (AvgIpc) is 2.04. The Labute approximate surface area is 83.5 Å². The molecule has 0 bridgehead atoms. The fraction of sp³-hybridized carbons (Fsp3) is 0.455. The Morgan fingerprint density at radius 3 is 2.62 bits per heavy atom.